The van der Waals surface area contributed by atoms with Crippen LogP contribution in [-0.4, -0.2) is 32.8 Å². The van der Waals surface area contributed by atoms with E-state index in [-0.39, 0.29) is 11.5 Å². The van der Waals surface area contributed by atoms with Gasteiger partial charge < -0.3 is 15.4 Å². The molecular weight excluding hydrogens is 276 g/mol. The fraction of sp³-hybridized carbons (Fsp3) is 0.533. The molecule has 0 bridgehead atoms. The first-order valence-electron chi connectivity index (χ1n) is 6.93. The number of nitrogens with one attached hydrogen (secondary N) is 2. The summed E-state index contributed by atoms with van der Waals surface area (Å²) in [5.74, 6) is -1.06. The summed E-state index contributed by atoms with van der Waals surface area (Å²) in [6, 6.07) is 3.70. The molecule has 2 N–H and O–H groups in total. The average molecular weight is 297 g/mol. The number of benzene rings is 1. The molecule has 0 aliphatic carbocycles. The molecule has 1 unspecified atom stereocenters. The number of rotatable bonds is 4. The Kier molecular flexibility index (Phi) is 4.77. The van der Waals surface area contributed by atoms with Crippen molar-refractivity contribution in [2.24, 2.45) is 10.4 Å². The fourth-order valence-corrected chi connectivity index (χ4v) is 2.11. The van der Waals surface area contributed by atoms with Crippen LogP contribution in [0, 0.1) is 17.0 Å². The van der Waals surface area contributed by atoms with Crippen LogP contribution >= 0.6 is 0 Å². The van der Waals surface area contributed by atoms with Crippen LogP contribution in [0.3, 0.4) is 0 Å². The zero-order valence-corrected chi connectivity index (χ0v) is 12.5. The minimum Gasteiger partial charge on any atom is -0.380 e. The maximum absolute atomic E-state index is 13.3. The van der Waals surface area contributed by atoms with Gasteiger partial charge in [0.15, 0.2) is 17.6 Å². The summed E-state index contributed by atoms with van der Waals surface area (Å²) in [6.45, 7) is 6.21. The first-order chi connectivity index (χ1) is 9.93. The van der Waals surface area contributed by atoms with Crippen LogP contribution in [0.5, 0.6) is 0 Å². The van der Waals surface area contributed by atoms with E-state index >= 15 is 0 Å². The summed E-state index contributed by atoms with van der Waals surface area (Å²) in [4.78, 5) is 4.14. The zero-order chi connectivity index (χ0) is 15.5. The van der Waals surface area contributed by atoms with Gasteiger partial charge in [0.05, 0.1) is 19.3 Å². The third kappa shape index (κ3) is 3.91. The lowest BCUT2D eigenvalue weighted by atomic mass is 9.89. The molecule has 1 aromatic rings. The molecule has 1 saturated heterocycles. The largest absolute Gasteiger partial charge is 0.380 e. The summed E-state index contributed by atoms with van der Waals surface area (Å²) >= 11 is 0. The molecule has 0 aromatic heterocycles. The third-order valence-corrected chi connectivity index (χ3v) is 3.60. The Morgan fingerprint density at radius 3 is 2.62 bits per heavy atom. The van der Waals surface area contributed by atoms with Crippen molar-refractivity contribution >= 4 is 5.96 Å². The van der Waals surface area contributed by atoms with Crippen LogP contribution in [0.1, 0.15) is 25.5 Å². The quantitative estimate of drug-likeness (QED) is 0.662. The molecule has 1 aliphatic rings. The predicted octanol–water partition coefficient (Wildman–Crippen LogP) is 2.23. The number of nitrogens with zero attached hydrogens (tertiary/aromatic N) is 1. The lowest BCUT2D eigenvalue weighted by Crippen LogP contribution is -2.51. The van der Waals surface area contributed by atoms with Crippen molar-refractivity contribution in [3.63, 3.8) is 0 Å². The van der Waals surface area contributed by atoms with Crippen molar-refractivity contribution in [3.8, 4) is 0 Å². The highest BCUT2D eigenvalue weighted by atomic mass is 19.2. The molecule has 1 aromatic carbocycles. The van der Waals surface area contributed by atoms with E-state index in [1.54, 1.807) is 13.1 Å². The number of guanidine groups is 1. The second kappa shape index (κ2) is 6.39. The highest BCUT2D eigenvalue weighted by Gasteiger charge is 2.33. The standard InChI is InChI=1S/C15H21F2N3O/c1-10(11-4-5-12(16)13(17)6-11)20-14(18-3)19-7-15(2)8-21-9-15/h4-6,10H,7-9H2,1-3H3,(H2,18,19,20). The maximum atomic E-state index is 13.3. The normalized spacial score (nSPS) is 18.8. The zero-order valence-electron chi connectivity index (χ0n) is 12.5. The highest BCUT2D eigenvalue weighted by molar-refractivity contribution is 5.80. The van der Waals surface area contributed by atoms with Gasteiger partial charge in [-0.3, -0.25) is 4.99 Å². The van der Waals surface area contributed by atoms with Gasteiger partial charge in [-0.1, -0.05) is 13.0 Å². The third-order valence-electron chi connectivity index (χ3n) is 3.60. The van der Waals surface area contributed by atoms with Crippen molar-refractivity contribution in [3.05, 3.63) is 35.4 Å². The van der Waals surface area contributed by atoms with Crippen LogP contribution < -0.4 is 10.6 Å². The van der Waals surface area contributed by atoms with Gasteiger partial charge in [-0.2, -0.15) is 0 Å². The van der Waals surface area contributed by atoms with Gasteiger partial charge in [0.25, 0.3) is 0 Å². The van der Waals surface area contributed by atoms with E-state index in [0.717, 1.165) is 25.8 Å². The summed E-state index contributed by atoms with van der Waals surface area (Å²) in [7, 11) is 1.67. The van der Waals surface area contributed by atoms with Gasteiger partial charge in [0, 0.05) is 19.0 Å². The van der Waals surface area contributed by atoms with Crippen LogP contribution in [0.25, 0.3) is 0 Å². The fourth-order valence-electron chi connectivity index (χ4n) is 2.11. The van der Waals surface area contributed by atoms with E-state index in [2.05, 4.69) is 22.5 Å². The molecule has 0 radical (unpaired) electrons. The van der Waals surface area contributed by atoms with Crippen molar-refractivity contribution in [2.75, 3.05) is 26.8 Å². The summed E-state index contributed by atoms with van der Waals surface area (Å²) < 4.78 is 31.4. The first kappa shape index (κ1) is 15.7. The molecule has 4 nitrogen and oxygen atoms in total. The summed E-state index contributed by atoms with van der Waals surface area (Å²) in [6.07, 6.45) is 0. The minimum absolute atomic E-state index is 0.128. The highest BCUT2D eigenvalue weighted by Crippen LogP contribution is 2.25. The number of hydrogen-bond donors (Lipinski definition) is 2. The Morgan fingerprint density at radius 2 is 2.10 bits per heavy atom. The van der Waals surface area contributed by atoms with Gasteiger partial charge >= 0.3 is 0 Å². The van der Waals surface area contributed by atoms with Gasteiger partial charge in [0.1, 0.15) is 0 Å². The van der Waals surface area contributed by atoms with Crippen LogP contribution in [-0.2, 0) is 4.74 Å². The molecule has 2 rings (SSSR count). The Bertz CT molecular complexity index is 530. The van der Waals surface area contributed by atoms with Gasteiger partial charge in [-0.15, -0.1) is 0 Å². The van der Waals surface area contributed by atoms with Crippen molar-refractivity contribution in [1.82, 2.24) is 10.6 Å². The molecule has 0 spiro atoms. The Hall–Kier alpha value is -1.69. The molecule has 1 atom stereocenters. The van der Waals surface area contributed by atoms with Crippen LogP contribution in [0.2, 0.25) is 0 Å². The lowest BCUT2D eigenvalue weighted by Gasteiger charge is -2.38. The molecule has 0 saturated carbocycles. The molecule has 21 heavy (non-hydrogen) atoms. The van der Waals surface area contributed by atoms with E-state index in [9.17, 15) is 8.78 Å². The Labute approximate surface area is 123 Å². The van der Waals surface area contributed by atoms with E-state index in [0.29, 0.717) is 11.5 Å². The first-order valence-corrected chi connectivity index (χ1v) is 6.93. The lowest BCUT2D eigenvalue weighted by molar-refractivity contribution is -0.0971. The molecule has 1 fully saturated rings. The summed E-state index contributed by atoms with van der Waals surface area (Å²) in [5, 5.41) is 6.39. The Balaban J connectivity index is 1.92. The predicted molar refractivity (Wildman–Crippen MR) is 78.2 cm³/mol. The second-order valence-corrected chi connectivity index (χ2v) is 5.77. The van der Waals surface area contributed by atoms with Crippen molar-refractivity contribution in [1.29, 1.82) is 0 Å². The number of hydrogen-bond acceptors (Lipinski definition) is 2. The maximum Gasteiger partial charge on any atom is 0.191 e. The van der Waals surface area contributed by atoms with Crippen LogP contribution in [0.15, 0.2) is 23.2 Å². The van der Waals surface area contributed by atoms with Gasteiger partial charge in [-0.05, 0) is 24.6 Å². The van der Waals surface area contributed by atoms with E-state index in [1.807, 2.05) is 6.92 Å². The SMILES string of the molecule is CN=C(NCC1(C)COC1)NC(C)c1ccc(F)c(F)c1. The van der Waals surface area contributed by atoms with Gasteiger partial charge in [0.2, 0.25) is 0 Å². The molecular formula is C15H21F2N3O. The topological polar surface area (TPSA) is 45.7 Å². The number of halogens is 2. The van der Waals surface area contributed by atoms with E-state index in [1.165, 1.54) is 6.07 Å². The monoisotopic (exact) mass is 297 g/mol. The number of ether oxygens (including phenoxy) is 1. The molecule has 1 aliphatic heterocycles. The summed E-state index contributed by atoms with van der Waals surface area (Å²) in [5.41, 5.74) is 0.790. The van der Waals surface area contributed by atoms with Crippen molar-refractivity contribution in [2.45, 2.75) is 19.9 Å². The number of aliphatic imine (C=N–C) groups is 1. The van der Waals surface area contributed by atoms with Gasteiger partial charge in [-0.25, -0.2) is 8.78 Å². The van der Waals surface area contributed by atoms with Crippen molar-refractivity contribution < 1.29 is 13.5 Å². The molecule has 116 valence electrons. The minimum atomic E-state index is -0.844. The second-order valence-electron chi connectivity index (χ2n) is 5.77. The average Bonchev–Trinajstić information content (AvgIpc) is 2.44. The van der Waals surface area contributed by atoms with E-state index in [4.69, 9.17) is 4.74 Å². The van der Waals surface area contributed by atoms with Crippen LogP contribution in [0.4, 0.5) is 8.78 Å². The Morgan fingerprint density at radius 1 is 1.38 bits per heavy atom. The molecule has 6 heteroatoms. The molecule has 1 heterocycles. The van der Waals surface area contributed by atoms with E-state index < -0.39 is 11.6 Å². The smallest absolute Gasteiger partial charge is 0.191 e. The molecule has 0 amide bonds.